The minimum Gasteiger partial charge on any atom is -0.288 e. The predicted octanol–water partition coefficient (Wildman–Crippen LogP) is 5.71. The van der Waals surface area contributed by atoms with Gasteiger partial charge in [0.1, 0.15) is 0 Å². The second kappa shape index (κ2) is 7.61. The maximum absolute atomic E-state index is 13.6. The van der Waals surface area contributed by atoms with Crippen LogP contribution in [0.5, 0.6) is 0 Å². The highest BCUT2D eigenvalue weighted by Crippen LogP contribution is 2.41. The molecular formula is C24H34N2O. The Hall–Kier alpha value is -1.90. The molecule has 0 saturated heterocycles. The Morgan fingerprint density at radius 3 is 2.63 bits per heavy atom. The smallest absolute Gasteiger partial charge is 0.196 e. The topological polar surface area (TPSA) is 34.9 Å². The second-order valence-corrected chi connectivity index (χ2v) is 8.71. The van der Waals surface area contributed by atoms with Crippen LogP contribution in [0.25, 0.3) is 0 Å². The molecule has 0 amide bonds. The molecule has 1 heterocycles. The third kappa shape index (κ3) is 3.49. The third-order valence-corrected chi connectivity index (χ3v) is 6.33. The molecule has 146 valence electrons. The number of hydrogen-bond donors (Lipinski definition) is 0. The van der Waals surface area contributed by atoms with Gasteiger partial charge in [0.15, 0.2) is 5.78 Å². The van der Waals surface area contributed by atoms with E-state index in [1.807, 2.05) is 4.68 Å². The summed E-state index contributed by atoms with van der Waals surface area (Å²) in [5.74, 6) is 0.144. The lowest BCUT2D eigenvalue weighted by molar-refractivity contribution is 0.103. The summed E-state index contributed by atoms with van der Waals surface area (Å²) in [6.07, 6.45) is 8.46. The molecule has 0 spiro atoms. The Kier molecular flexibility index (Phi) is 5.60. The van der Waals surface area contributed by atoms with Crippen LogP contribution < -0.4 is 0 Å². The molecule has 1 aromatic heterocycles. The number of aryl methyl sites for hydroxylation is 2. The molecule has 3 heteroatoms. The van der Waals surface area contributed by atoms with Gasteiger partial charge in [-0.05, 0) is 86.6 Å². The van der Waals surface area contributed by atoms with Crippen molar-refractivity contribution in [3.63, 3.8) is 0 Å². The molecule has 2 aromatic rings. The molecular weight excluding hydrogens is 332 g/mol. The predicted molar refractivity (Wildman–Crippen MR) is 112 cm³/mol. The van der Waals surface area contributed by atoms with Gasteiger partial charge in [-0.2, -0.15) is 5.10 Å². The molecule has 1 aromatic carbocycles. The standard InChI is InChI=1S/C24H34N2O/c1-7-9-12-21-20(15-25-26(21)8-2)23(27)19-14-16(3)18-11-10-13-24(5,6)22(18)17(19)4/h14-15H,7-13H2,1-6H3. The van der Waals surface area contributed by atoms with Gasteiger partial charge in [-0.3, -0.25) is 9.48 Å². The number of hydrogen-bond acceptors (Lipinski definition) is 2. The SMILES string of the molecule is CCCCc1c(C(=O)c2cc(C)c3c(c2C)C(C)(C)CCC3)cnn1CC. The third-order valence-electron chi connectivity index (χ3n) is 6.33. The van der Waals surface area contributed by atoms with Crippen molar-refractivity contribution in [2.24, 2.45) is 0 Å². The number of carbonyl (C=O) groups is 1. The average Bonchev–Trinajstić information content (AvgIpc) is 3.04. The van der Waals surface area contributed by atoms with Crippen LogP contribution in [-0.2, 0) is 24.8 Å². The first-order valence-corrected chi connectivity index (χ1v) is 10.5. The highest BCUT2D eigenvalue weighted by molar-refractivity contribution is 6.11. The van der Waals surface area contributed by atoms with Crippen molar-refractivity contribution in [3.05, 3.63) is 51.3 Å². The van der Waals surface area contributed by atoms with E-state index in [2.05, 4.69) is 52.7 Å². The Morgan fingerprint density at radius 2 is 1.96 bits per heavy atom. The summed E-state index contributed by atoms with van der Waals surface area (Å²) >= 11 is 0. The summed E-state index contributed by atoms with van der Waals surface area (Å²) in [7, 11) is 0. The summed E-state index contributed by atoms with van der Waals surface area (Å²) in [6.45, 7) is 14.1. The monoisotopic (exact) mass is 366 g/mol. The molecule has 0 N–H and O–H groups in total. The fourth-order valence-electron chi connectivity index (χ4n) is 4.90. The van der Waals surface area contributed by atoms with Gasteiger partial charge >= 0.3 is 0 Å². The molecule has 0 aliphatic heterocycles. The van der Waals surface area contributed by atoms with Gasteiger partial charge < -0.3 is 0 Å². The van der Waals surface area contributed by atoms with Gasteiger partial charge in [-0.1, -0.05) is 27.2 Å². The lowest BCUT2D eigenvalue weighted by atomic mass is 9.68. The summed E-state index contributed by atoms with van der Waals surface area (Å²) in [5, 5.41) is 4.50. The van der Waals surface area contributed by atoms with E-state index in [4.69, 9.17) is 0 Å². The van der Waals surface area contributed by atoms with Crippen molar-refractivity contribution in [3.8, 4) is 0 Å². The van der Waals surface area contributed by atoms with E-state index < -0.39 is 0 Å². The largest absolute Gasteiger partial charge is 0.288 e. The van der Waals surface area contributed by atoms with Gasteiger partial charge in [0.05, 0.1) is 11.8 Å². The van der Waals surface area contributed by atoms with Crippen LogP contribution in [-0.4, -0.2) is 15.6 Å². The van der Waals surface area contributed by atoms with E-state index >= 15 is 0 Å². The van der Waals surface area contributed by atoms with Crippen molar-refractivity contribution < 1.29 is 4.79 Å². The van der Waals surface area contributed by atoms with E-state index in [1.54, 1.807) is 6.20 Å². The van der Waals surface area contributed by atoms with Gasteiger partial charge in [0.2, 0.25) is 0 Å². The highest BCUT2D eigenvalue weighted by Gasteiger charge is 2.32. The van der Waals surface area contributed by atoms with Gasteiger partial charge in [-0.15, -0.1) is 0 Å². The van der Waals surface area contributed by atoms with Crippen LogP contribution in [0.15, 0.2) is 12.3 Å². The van der Waals surface area contributed by atoms with Crippen LogP contribution >= 0.6 is 0 Å². The van der Waals surface area contributed by atoms with Crippen LogP contribution in [0.3, 0.4) is 0 Å². The Balaban J connectivity index is 2.12. The van der Waals surface area contributed by atoms with E-state index in [-0.39, 0.29) is 11.2 Å². The number of carbonyl (C=O) groups excluding carboxylic acids is 1. The zero-order valence-corrected chi connectivity index (χ0v) is 17.9. The molecule has 0 radical (unpaired) electrons. The lowest BCUT2D eigenvalue weighted by Crippen LogP contribution is -2.27. The van der Waals surface area contributed by atoms with Crippen molar-refractivity contribution in [1.29, 1.82) is 0 Å². The van der Waals surface area contributed by atoms with E-state index in [1.165, 1.54) is 35.1 Å². The molecule has 27 heavy (non-hydrogen) atoms. The minimum absolute atomic E-state index is 0.136. The van der Waals surface area contributed by atoms with E-state index in [9.17, 15) is 4.79 Å². The maximum Gasteiger partial charge on any atom is 0.196 e. The van der Waals surface area contributed by atoms with Crippen molar-refractivity contribution in [1.82, 2.24) is 9.78 Å². The molecule has 0 unspecified atom stereocenters. The average molecular weight is 367 g/mol. The molecule has 3 nitrogen and oxygen atoms in total. The lowest BCUT2D eigenvalue weighted by Gasteiger charge is -2.36. The van der Waals surface area contributed by atoms with E-state index in [0.717, 1.165) is 49.0 Å². The summed E-state index contributed by atoms with van der Waals surface area (Å²) in [4.78, 5) is 13.6. The van der Waals surface area contributed by atoms with Crippen LogP contribution in [0, 0.1) is 13.8 Å². The zero-order valence-electron chi connectivity index (χ0n) is 17.9. The minimum atomic E-state index is 0.136. The zero-order chi connectivity index (χ0) is 19.8. The molecule has 0 bridgehead atoms. The summed E-state index contributed by atoms with van der Waals surface area (Å²) in [6, 6.07) is 2.13. The number of fused-ring (bicyclic) bond motifs is 1. The Morgan fingerprint density at radius 1 is 1.22 bits per heavy atom. The Bertz CT molecular complexity index is 858. The van der Waals surface area contributed by atoms with Crippen molar-refractivity contribution in [2.45, 2.75) is 92.0 Å². The molecule has 0 atom stereocenters. The molecule has 0 fully saturated rings. The maximum atomic E-state index is 13.6. The fourth-order valence-corrected chi connectivity index (χ4v) is 4.90. The van der Waals surface area contributed by atoms with Gasteiger partial charge in [0, 0.05) is 17.8 Å². The quantitative estimate of drug-likeness (QED) is 0.614. The first-order chi connectivity index (χ1) is 12.8. The van der Waals surface area contributed by atoms with Crippen LogP contribution in [0.1, 0.15) is 97.2 Å². The highest BCUT2D eigenvalue weighted by atomic mass is 16.1. The summed E-state index contributed by atoms with van der Waals surface area (Å²) in [5.41, 5.74) is 8.22. The molecule has 1 aliphatic rings. The van der Waals surface area contributed by atoms with E-state index in [0.29, 0.717) is 0 Å². The number of nitrogens with zero attached hydrogens (tertiary/aromatic N) is 2. The molecule has 1 aliphatic carbocycles. The Labute approximate surface area is 164 Å². The first-order valence-electron chi connectivity index (χ1n) is 10.5. The van der Waals surface area contributed by atoms with Crippen molar-refractivity contribution in [2.75, 3.05) is 0 Å². The number of rotatable bonds is 6. The molecule has 0 saturated carbocycles. The second-order valence-electron chi connectivity index (χ2n) is 8.71. The normalized spacial score (nSPS) is 15.6. The number of benzene rings is 1. The molecule has 3 rings (SSSR count). The fraction of sp³-hybridized carbons (Fsp3) is 0.583. The first kappa shape index (κ1) is 19.9. The van der Waals surface area contributed by atoms with Crippen LogP contribution in [0.2, 0.25) is 0 Å². The van der Waals surface area contributed by atoms with Crippen molar-refractivity contribution >= 4 is 5.78 Å². The van der Waals surface area contributed by atoms with Gasteiger partial charge in [0.25, 0.3) is 0 Å². The number of ketones is 1. The number of aromatic nitrogens is 2. The van der Waals surface area contributed by atoms with Gasteiger partial charge in [-0.25, -0.2) is 0 Å². The summed E-state index contributed by atoms with van der Waals surface area (Å²) < 4.78 is 1.99. The number of unbranched alkanes of at least 4 members (excludes halogenated alkanes) is 1. The van der Waals surface area contributed by atoms with Crippen LogP contribution in [0.4, 0.5) is 0 Å².